The smallest absolute Gasteiger partial charge is 0.244 e. The Hall–Kier alpha value is -2.30. The molecule has 3 rings (SSSR count). The van der Waals surface area contributed by atoms with Crippen LogP contribution in [0.3, 0.4) is 0 Å². The molecular weight excluding hydrogens is 278 g/mol. The summed E-state index contributed by atoms with van der Waals surface area (Å²) in [5.74, 6) is 0.951. The molecule has 5 heteroatoms. The summed E-state index contributed by atoms with van der Waals surface area (Å²) in [5.41, 5.74) is 4.22. The van der Waals surface area contributed by atoms with Gasteiger partial charge in [-0.2, -0.15) is 5.10 Å². The van der Waals surface area contributed by atoms with E-state index in [1.807, 2.05) is 30.9 Å². The van der Waals surface area contributed by atoms with Crippen LogP contribution in [0.4, 0.5) is 0 Å². The molecule has 0 aliphatic carbocycles. The van der Waals surface area contributed by atoms with Gasteiger partial charge in [0.2, 0.25) is 5.91 Å². The third-order valence-electron chi connectivity index (χ3n) is 4.09. The molecule has 2 heterocycles. The molecule has 5 nitrogen and oxygen atoms in total. The summed E-state index contributed by atoms with van der Waals surface area (Å²) >= 11 is 0. The highest BCUT2D eigenvalue weighted by molar-refractivity contribution is 5.78. The third-order valence-corrected chi connectivity index (χ3v) is 4.09. The highest BCUT2D eigenvalue weighted by atomic mass is 16.5. The number of nitrogens with zero attached hydrogens (tertiary/aromatic N) is 3. The van der Waals surface area contributed by atoms with Crippen molar-refractivity contribution >= 4 is 5.91 Å². The van der Waals surface area contributed by atoms with E-state index in [-0.39, 0.29) is 12.5 Å². The van der Waals surface area contributed by atoms with E-state index in [1.54, 1.807) is 10.9 Å². The van der Waals surface area contributed by atoms with Gasteiger partial charge in [-0.15, -0.1) is 0 Å². The van der Waals surface area contributed by atoms with Gasteiger partial charge < -0.3 is 9.64 Å². The summed E-state index contributed by atoms with van der Waals surface area (Å²) in [7, 11) is 0. The van der Waals surface area contributed by atoms with Crippen molar-refractivity contribution in [3.8, 4) is 17.0 Å². The second-order valence-electron chi connectivity index (χ2n) is 5.53. The maximum atomic E-state index is 12.4. The number of ether oxygens (including phenoxy) is 1. The molecule has 116 valence electrons. The first-order valence-corrected chi connectivity index (χ1v) is 7.70. The lowest BCUT2D eigenvalue weighted by Crippen LogP contribution is -2.34. The van der Waals surface area contributed by atoms with Gasteiger partial charge in [0, 0.05) is 24.2 Å². The SMILES string of the molecule is CCN(CC)C(=O)Cn1ncc2c1-c1cc(C)ccc1OC2. The molecule has 1 aliphatic rings. The van der Waals surface area contributed by atoms with Gasteiger partial charge >= 0.3 is 0 Å². The normalized spacial score (nSPS) is 12.3. The Morgan fingerprint density at radius 1 is 1.36 bits per heavy atom. The zero-order valence-corrected chi connectivity index (χ0v) is 13.3. The van der Waals surface area contributed by atoms with E-state index in [0.717, 1.165) is 41.2 Å². The van der Waals surface area contributed by atoms with Crippen LogP contribution < -0.4 is 4.74 Å². The number of aromatic nitrogens is 2. The molecule has 0 atom stereocenters. The van der Waals surface area contributed by atoms with E-state index < -0.39 is 0 Å². The van der Waals surface area contributed by atoms with Gasteiger partial charge in [0.05, 0.1) is 11.9 Å². The highest BCUT2D eigenvalue weighted by Crippen LogP contribution is 2.37. The van der Waals surface area contributed by atoms with Crippen molar-refractivity contribution in [3.05, 3.63) is 35.5 Å². The average Bonchev–Trinajstić information content (AvgIpc) is 2.92. The Bertz CT molecular complexity index is 702. The number of fused-ring (bicyclic) bond motifs is 3. The fourth-order valence-electron chi connectivity index (χ4n) is 2.88. The molecule has 0 fully saturated rings. The molecule has 1 amide bonds. The Balaban J connectivity index is 1.97. The van der Waals surface area contributed by atoms with E-state index in [2.05, 4.69) is 18.1 Å². The molecule has 0 unspecified atom stereocenters. The molecule has 0 spiro atoms. The van der Waals surface area contributed by atoms with E-state index in [1.165, 1.54) is 0 Å². The first-order valence-electron chi connectivity index (χ1n) is 7.70. The Morgan fingerprint density at radius 3 is 2.86 bits per heavy atom. The molecule has 1 aromatic heterocycles. The lowest BCUT2D eigenvalue weighted by molar-refractivity contribution is -0.131. The van der Waals surface area contributed by atoms with Gasteiger partial charge in [-0.1, -0.05) is 11.6 Å². The van der Waals surface area contributed by atoms with Gasteiger partial charge in [-0.25, -0.2) is 0 Å². The predicted octanol–water partition coefficient (Wildman–Crippen LogP) is 2.62. The number of rotatable bonds is 4. The quantitative estimate of drug-likeness (QED) is 0.872. The zero-order valence-electron chi connectivity index (χ0n) is 13.3. The van der Waals surface area contributed by atoms with Crippen LogP contribution >= 0.6 is 0 Å². The highest BCUT2D eigenvalue weighted by Gasteiger charge is 2.24. The Labute approximate surface area is 130 Å². The topological polar surface area (TPSA) is 47.4 Å². The molecule has 0 saturated carbocycles. The van der Waals surface area contributed by atoms with Crippen LogP contribution in [0.5, 0.6) is 5.75 Å². The van der Waals surface area contributed by atoms with E-state index in [9.17, 15) is 4.79 Å². The van der Waals surface area contributed by atoms with Crippen LogP contribution in [0.2, 0.25) is 0 Å². The number of aryl methyl sites for hydroxylation is 1. The lowest BCUT2D eigenvalue weighted by Gasteiger charge is -2.22. The number of benzene rings is 1. The molecule has 0 radical (unpaired) electrons. The van der Waals surface area contributed by atoms with Gasteiger partial charge in [-0.3, -0.25) is 9.48 Å². The van der Waals surface area contributed by atoms with Crippen LogP contribution in [-0.2, 0) is 17.9 Å². The van der Waals surface area contributed by atoms with Gasteiger partial charge in [0.25, 0.3) is 0 Å². The van der Waals surface area contributed by atoms with E-state index in [0.29, 0.717) is 6.61 Å². The third kappa shape index (κ3) is 2.47. The van der Waals surface area contributed by atoms with Gasteiger partial charge in [0.1, 0.15) is 18.9 Å². The minimum atomic E-state index is 0.0941. The van der Waals surface area contributed by atoms with Gasteiger partial charge in [-0.05, 0) is 32.9 Å². The van der Waals surface area contributed by atoms with Crippen molar-refractivity contribution < 1.29 is 9.53 Å². The van der Waals surface area contributed by atoms with Crippen LogP contribution in [0.1, 0.15) is 25.0 Å². The standard InChI is InChI=1S/C17H21N3O2/c1-4-19(5-2)16(21)10-20-17-13(9-18-20)11-22-15-7-6-12(3)8-14(15)17/h6-9H,4-5,10-11H2,1-3H3. The summed E-state index contributed by atoms with van der Waals surface area (Å²) in [6, 6.07) is 6.11. The molecule has 0 N–H and O–H groups in total. The van der Waals surface area contributed by atoms with Gasteiger partial charge in [0.15, 0.2) is 0 Å². The molecule has 2 aromatic rings. The van der Waals surface area contributed by atoms with Crippen molar-refractivity contribution in [3.63, 3.8) is 0 Å². The zero-order chi connectivity index (χ0) is 15.7. The van der Waals surface area contributed by atoms with Crippen molar-refractivity contribution in [2.24, 2.45) is 0 Å². The minimum Gasteiger partial charge on any atom is -0.488 e. The fraction of sp³-hybridized carbons (Fsp3) is 0.412. The maximum absolute atomic E-state index is 12.4. The van der Waals surface area contributed by atoms with Crippen molar-refractivity contribution in [2.75, 3.05) is 13.1 Å². The number of amides is 1. The summed E-state index contributed by atoms with van der Waals surface area (Å²) in [4.78, 5) is 14.2. The maximum Gasteiger partial charge on any atom is 0.244 e. The second-order valence-corrected chi connectivity index (χ2v) is 5.53. The molecule has 22 heavy (non-hydrogen) atoms. The van der Waals surface area contributed by atoms with E-state index in [4.69, 9.17) is 4.74 Å². The predicted molar refractivity (Wildman–Crippen MR) is 84.7 cm³/mol. The van der Waals surface area contributed by atoms with Crippen molar-refractivity contribution in [1.82, 2.24) is 14.7 Å². The number of carbonyl (C=O) groups excluding carboxylic acids is 1. The first kappa shape index (κ1) is 14.6. The number of hydrogen-bond acceptors (Lipinski definition) is 3. The monoisotopic (exact) mass is 299 g/mol. The summed E-state index contributed by atoms with van der Waals surface area (Å²) in [6.07, 6.45) is 1.80. The van der Waals surface area contributed by atoms with Crippen LogP contribution in [0.15, 0.2) is 24.4 Å². The number of carbonyl (C=O) groups is 1. The lowest BCUT2D eigenvalue weighted by atomic mass is 10.0. The molecule has 1 aliphatic heterocycles. The molecule has 0 bridgehead atoms. The van der Waals surface area contributed by atoms with E-state index >= 15 is 0 Å². The minimum absolute atomic E-state index is 0.0941. The Morgan fingerprint density at radius 2 is 2.14 bits per heavy atom. The van der Waals surface area contributed by atoms with Crippen LogP contribution in [0.25, 0.3) is 11.3 Å². The largest absolute Gasteiger partial charge is 0.488 e. The first-order chi connectivity index (χ1) is 10.6. The molecule has 0 saturated heterocycles. The second kappa shape index (κ2) is 5.83. The fourth-order valence-corrected chi connectivity index (χ4v) is 2.88. The summed E-state index contributed by atoms with van der Waals surface area (Å²) in [6.45, 7) is 8.25. The molecular formula is C17H21N3O2. The number of hydrogen-bond donors (Lipinski definition) is 0. The Kier molecular flexibility index (Phi) is 3.88. The average molecular weight is 299 g/mol. The van der Waals surface area contributed by atoms with Crippen LogP contribution in [-0.4, -0.2) is 33.7 Å². The number of likely N-dealkylation sites (N-methyl/N-ethyl adjacent to an activating group) is 1. The summed E-state index contributed by atoms with van der Waals surface area (Å²) in [5, 5.41) is 4.41. The van der Waals surface area contributed by atoms with Crippen molar-refractivity contribution in [2.45, 2.75) is 33.9 Å². The molecule has 1 aromatic carbocycles. The summed E-state index contributed by atoms with van der Waals surface area (Å²) < 4.78 is 7.57. The van der Waals surface area contributed by atoms with Crippen molar-refractivity contribution in [1.29, 1.82) is 0 Å². The van der Waals surface area contributed by atoms with Crippen LogP contribution in [0, 0.1) is 6.92 Å².